The van der Waals surface area contributed by atoms with E-state index in [2.05, 4.69) is 10.3 Å². The first kappa shape index (κ1) is 15.8. The molecule has 122 valence electrons. The summed E-state index contributed by atoms with van der Waals surface area (Å²) in [7, 11) is 1.57. The summed E-state index contributed by atoms with van der Waals surface area (Å²) in [6.07, 6.45) is 0. The smallest absolute Gasteiger partial charge is 0.292 e. The van der Waals surface area contributed by atoms with Gasteiger partial charge in [0.05, 0.1) is 12.7 Å². The van der Waals surface area contributed by atoms with Gasteiger partial charge in [0.1, 0.15) is 5.75 Å². The number of rotatable bonds is 5. The van der Waals surface area contributed by atoms with Crippen molar-refractivity contribution in [3.8, 4) is 5.75 Å². The molecule has 0 atom stereocenters. The van der Waals surface area contributed by atoms with E-state index in [4.69, 9.17) is 4.74 Å². The molecule has 0 aliphatic carbocycles. The van der Waals surface area contributed by atoms with Crippen molar-refractivity contribution < 1.29 is 14.3 Å². The zero-order valence-electron chi connectivity index (χ0n) is 13.6. The number of methoxy groups -OCH3 is 1. The lowest BCUT2D eigenvalue weighted by atomic mass is 10.1. The summed E-state index contributed by atoms with van der Waals surface area (Å²) in [5.74, 6) is -0.498. The molecular weight excluding hydrogens is 304 g/mol. The SMILES string of the molecule is COc1ccccc1CNC(=O)C(=O)c1c(C)[nH]c2ccccc12. The van der Waals surface area contributed by atoms with Crippen molar-refractivity contribution in [2.45, 2.75) is 13.5 Å². The zero-order chi connectivity index (χ0) is 17.1. The Morgan fingerprint density at radius 2 is 1.79 bits per heavy atom. The molecule has 24 heavy (non-hydrogen) atoms. The Bertz CT molecular complexity index is 912. The lowest BCUT2D eigenvalue weighted by Gasteiger charge is -2.09. The van der Waals surface area contributed by atoms with Crippen molar-refractivity contribution in [2.75, 3.05) is 7.11 Å². The molecule has 1 amide bonds. The van der Waals surface area contributed by atoms with Crippen LogP contribution in [0.5, 0.6) is 5.75 Å². The van der Waals surface area contributed by atoms with Gasteiger partial charge in [-0.25, -0.2) is 0 Å². The third-order valence-corrected chi connectivity index (χ3v) is 3.96. The molecule has 2 aromatic carbocycles. The summed E-state index contributed by atoms with van der Waals surface area (Å²) >= 11 is 0. The molecule has 0 saturated heterocycles. The zero-order valence-corrected chi connectivity index (χ0v) is 13.6. The van der Waals surface area contributed by atoms with E-state index >= 15 is 0 Å². The number of nitrogens with one attached hydrogen (secondary N) is 2. The van der Waals surface area contributed by atoms with Gasteiger partial charge in [0.15, 0.2) is 0 Å². The molecule has 3 aromatic rings. The topological polar surface area (TPSA) is 71.2 Å². The number of carbonyl (C=O) groups is 2. The van der Waals surface area contributed by atoms with Crippen LogP contribution in [0.25, 0.3) is 10.9 Å². The van der Waals surface area contributed by atoms with Gasteiger partial charge in [-0.15, -0.1) is 0 Å². The number of para-hydroxylation sites is 2. The second-order valence-electron chi connectivity index (χ2n) is 5.49. The molecular formula is C19H18N2O3. The summed E-state index contributed by atoms with van der Waals surface area (Å²) in [5.41, 5.74) is 2.77. The number of hydrogen-bond donors (Lipinski definition) is 2. The predicted molar refractivity (Wildman–Crippen MR) is 92.2 cm³/mol. The van der Waals surface area contributed by atoms with Crippen LogP contribution < -0.4 is 10.1 Å². The average molecular weight is 322 g/mol. The Morgan fingerprint density at radius 1 is 1.08 bits per heavy atom. The monoisotopic (exact) mass is 322 g/mol. The Morgan fingerprint density at radius 3 is 2.58 bits per heavy atom. The molecule has 2 N–H and O–H groups in total. The summed E-state index contributed by atoms with van der Waals surface area (Å²) in [4.78, 5) is 28.0. The highest BCUT2D eigenvalue weighted by atomic mass is 16.5. The molecule has 0 radical (unpaired) electrons. The number of fused-ring (bicyclic) bond motifs is 1. The second kappa shape index (κ2) is 6.58. The van der Waals surface area contributed by atoms with E-state index in [1.165, 1.54) is 0 Å². The largest absolute Gasteiger partial charge is 0.496 e. The minimum atomic E-state index is -0.631. The Hall–Kier alpha value is -3.08. The molecule has 1 aromatic heterocycles. The number of ether oxygens (including phenoxy) is 1. The first-order chi connectivity index (χ1) is 11.6. The van der Waals surface area contributed by atoms with Crippen molar-refractivity contribution in [1.29, 1.82) is 0 Å². The third-order valence-electron chi connectivity index (χ3n) is 3.96. The quantitative estimate of drug-likeness (QED) is 0.560. The average Bonchev–Trinajstić information content (AvgIpc) is 2.94. The summed E-state index contributed by atoms with van der Waals surface area (Å²) in [6.45, 7) is 2.02. The van der Waals surface area contributed by atoms with Crippen molar-refractivity contribution in [1.82, 2.24) is 10.3 Å². The predicted octanol–water partition coefficient (Wildman–Crippen LogP) is 2.98. The number of hydrogen-bond acceptors (Lipinski definition) is 3. The normalized spacial score (nSPS) is 10.6. The van der Waals surface area contributed by atoms with E-state index in [9.17, 15) is 9.59 Å². The van der Waals surface area contributed by atoms with Crippen LogP contribution in [0.3, 0.4) is 0 Å². The van der Waals surface area contributed by atoms with Crippen LogP contribution in [-0.4, -0.2) is 23.8 Å². The minimum absolute atomic E-state index is 0.232. The number of aromatic nitrogens is 1. The van der Waals surface area contributed by atoms with Crippen LogP contribution in [-0.2, 0) is 11.3 Å². The van der Waals surface area contributed by atoms with Gasteiger partial charge in [0.2, 0.25) is 0 Å². The maximum Gasteiger partial charge on any atom is 0.292 e. The molecule has 0 unspecified atom stereocenters. The Balaban J connectivity index is 1.80. The molecule has 0 bridgehead atoms. The number of amides is 1. The number of aromatic amines is 1. The minimum Gasteiger partial charge on any atom is -0.496 e. The van der Waals surface area contributed by atoms with Crippen molar-refractivity contribution in [3.05, 3.63) is 65.4 Å². The maximum atomic E-state index is 12.6. The molecule has 5 heteroatoms. The highest BCUT2D eigenvalue weighted by Crippen LogP contribution is 2.22. The van der Waals surface area contributed by atoms with E-state index in [1.807, 2.05) is 48.5 Å². The number of benzene rings is 2. The van der Waals surface area contributed by atoms with Crippen molar-refractivity contribution in [3.63, 3.8) is 0 Å². The lowest BCUT2D eigenvalue weighted by molar-refractivity contribution is -0.117. The summed E-state index contributed by atoms with van der Waals surface area (Å²) in [6, 6.07) is 14.8. The highest BCUT2D eigenvalue weighted by molar-refractivity contribution is 6.45. The van der Waals surface area contributed by atoms with Gasteiger partial charge in [-0.3, -0.25) is 9.59 Å². The van der Waals surface area contributed by atoms with Gasteiger partial charge in [0.25, 0.3) is 11.7 Å². The fraction of sp³-hybridized carbons (Fsp3) is 0.158. The van der Waals surface area contributed by atoms with Gasteiger partial charge >= 0.3 is 0 Å². The van der Waals surface area contributed by atoms with Gasteiger partial charge in [-0.1, -0.05) is 36.4 Å². The number of ketones is 1. The fourth-order valence-electron chi connectivity index (χ4n) is 2.79. The molecule has 0 fully saturated rings. The Labute approximate surface area is 139 Å². The van der Waals surface area contributed by atoms with Crippen LogP contribution in [0.2, 0.25) is 0 Å². The molecule has 1 heterocycles. The van der Waals surface area contributed by atoms with E-state index in [1.54, 1.807) is 14.0 Å². The Kier molecular flexibility index (Phi) is 4.33. The fourth-order valence-corrected chi connectivity index (χ4v) is 2.79. The van der Waals surface area contributed by atoms with E-state index in [0.717, 1.165) is 16.5 Å². The van der Waals surface area contributed by atoms with Crippen LogP contribution in [0, 0.1) is 6.92 Å². The van der Waals surface area contributed by atoms with Crippen molar-refractivity contribution >= 4 is 22.6 Å². The third kappa shape index (κ3) is 2.88. The summed E-state index contributed by atoms with van der Waals surface area (Å²) < 4.78 is 5.25. The van der Waals surface area contributed by atoms with Gasteiger partial charge in [-0.05, 0) is 19.1 Å². The molecule has 5 nitrogen and oxygen atoms in total. The first-order valence-electron chi connectivity index (χ1n) is 7.63. The van der Waals surface area contributed by atoms with Crippen molar-refractivity contribution in [2.24, 2.45) is 0 Å². The van der Waals surface area contributed by atoms with Crippen LogP contribution in [0.15, 0.2) is 48.5 Å². The van der Waals surface area contributed by atoms with Gasteiger partial charge in [-0.2, -0.15) is 0 Å². The molecule has 0 spiro atoms. The highest BCUT2D eigenvalue weighted by Gasteiger charge is 2.22. The molecule has 0 saturated carbocycles. The van der Waals surface area contributed by atoms with Crippen LogP contribution in [0.4, 0.5) is 0 Å². The molecule has 0 aliphatic heterocycles. The second-order valence-corrected chi connectivity index (χ2v) is 5.49. The number of H-pyrrole nitrogens is 1. The number of Topliss-reactive ketones (excluding diaryl/α,β-unsaturated/α-hetero) is 1. The van der Waals surface area contributed by atoms with E-state index < -0.39 is 11.7 Å². The number of aryl methyl sites for hydroxylation is 1. The first-order valence-corrected chi connectivity index (χ1v) is 7.63. The molecule has 3 rings (SSSR count). The standard InChI is InChI=1S/C19H18N2O3/c1-12-17(14-8-4-5-9-15(14)21-12)18(22)19(23)20-11-13-7-3-6-10-16(13)24-2/h3-10,21H,11H2,1-2H3,(H,20,23). The number of carbonyl (C=O) groups excluding carboxylic acids is 2. The van der Waals surface area contributed by atoms with E-state index in [0.29, 0.717) is 17.0 Å². The lowest BCUT2D eigenvalue weighted by Crippen LogP contribution is -2.31. The summed E-state index contributed by atoms with van der Waals surface area (Å²) in [5, 5.41) is 3.43. The van der Waals surface area contributed by atoms with Gasteiger partial charge in [0, 0.05) is 28.7 Å². The van der Waals surface area contributed by atoms with Gasteiger partial charge < -0.3 is 15.0 Å². The maximum absolute atomic E-state index is 12.6. The molecule has 0 aliphatic rings. The van der Waals surface area contributed by atoms with E-state index in [-0.39, 0.29) is 6.54 Å². The van der Waals surface area contributed by atoms with Crippen LogP contribution in [0.1, 0.15) is 21.6 Å². The van der Waals surface area contributed by atoms with Crippen LogP contribution >= 0.6 is 0 Å².